The van der Waals surface area contributed by atoms with Crippen molar-refractivity contribution in [2.24, 2.45) is 0 Å². The maximum Gasteiger partial charge on any atom is 0.251 e. The van der Waals surface area contributed by atoms with Crippen LogP contribution in [0.15, 0.2) is 42.7 Å². The van der Waals surface area contributed by atoms with Gasteiger partial charge in [-0.3, -0.25) is 4.79 Å². The van der Waals surface area contributed by atoms with Crippen LogP contribution in [0.4, 0.5) is 11.8 Å². The summed E-state index contributed by atoms with van der Waals surface area (Å²) in [5.74, 6) is 1.27. The Morgan fingerprint density at radius 2 is 2.06 bits per heavy atom. The molecule has 0 radical (unpaired) electrons. The van der Waals surface area contributed by atoms with E-state index in [0.29, 0.717) is 40.3 Å². The van der Waals surface area contributed by atoms with Crippen molar-refractivity contribution in [3.63, 3.8) is 0 Å². The summed E-state index contributed by atoms with van der Waals surface area (Å²) in [7, 11) is 0. The number of amides is 1. The molecule has 3 aromatic rings. The quantitative estimate of drug-likeness (QED) is 0.566. The van der Waals surface area contributed by atoms with E-state index in [1.54, 1.807) is 12.5 Å². The molecular weight excluding hydrogens is 434 g/mol. The highest BCUT2D eigenvalue weighted by Gasteiger charge is 2.31. The molecule has 160 valence electrons. The minimum atomic E-state index is -0.946. The summed E-state index contributed by atoms with van der Waals surface area (Å²) in [5.41, 5.74) is 3.69. The fourth-order valence-corrected chi connectivity index (χ4v) is 4.40. The van der Waals surface area contributed by atoms with Gasteiger partial charge in [0.25, 0.3) is 5.91 Å². The van der Waals surface area contributed by atoms with Crippen LogP contribution in [0.5, 0.6) is 0 Å². The Hall–Kier alpha value is -2.68. The molecule has 7 nitrogen and oxygen atoms in total. The Bertz CT molecular complexity index is 1150. The molecule has 0 saturated heterocycles. The van der Waals surface area contributed by atoms with E-state index < -0.39 is 11.2 Å². The highest BCUT2D eigenvalue weighted by Crippen LogP contribution is 2.35. The van der Waals surface area contributed by atoms with Crippen LogP contribution < -0.4 is 10.6 Å². The van der Waals surface area contributed by atoms with Gasteiger partial charge in [-0.1, -0.05) is 42.7 Å². The number of anilines is 2. The summed E-state index contributed by atoms with van der Waals surface area (Å²) in [6.07, 6.45) is 4.85. The fraction of sp³-hybridized carbons (Fsp3) is 0.273. The molecule has 0 bridgehead atoms. The fourth-order valence-electron chi connectivity index (χ4n) is 3.55. The second-order valence-corrected chi connectivity index (χ2v) is 9.95. The van der Waals surface area contributed by atoms with E-state index in [2.05, 4.69) is 39.4 Å². The lowest BCUT2D eigenvalue weighted by atomic mass is 9.78. The molecule has 3 heterocycles. The number of rotatable bonds is 5. The summed E-state index contributed by atoms with van der Waals surface area (Å²) in [5, 5.41) is 6.42. The van der Waals surface area contributed by atoms with E-state index in [4.69, 9.17) is 11.6 Å². The average molecular weight is 456 g/mol. The Labute approximate surface area is 188 Å². The van der Waals surface area contributed by atoms with Gasteiger partial charge in [-0.05, 0) is 29.8 Å². The molecule has 1 amide bonds. The largest absolute Gasteiger partial charge is 0.616 e. The van der Waals surface area contributed by atoms with Gasteiger partial charge >= 0.3 is 0 Å². The zero-order valence-electron chi connectivity index (χ0n) is 17.4. The van der Waals surface area contributed by atoms with E-state index in [1.807, 2.05) is 30.3 Å². The van der Waals surface area contributed by atoms with Gasteiger partial charge in [0.15, 0.2) is 0 Å². The Kier molecular flexibility index (Phi) is 5.88. The second-order valence-electron chi connectivity index (χ2n) is 8.11. The molecule has 0 saturated carbocycles. The minimum absolute atomic E-state index is 0.0732. The van der Waals surface area contributed by atoms with Crippen LogP contribution in [0.25, 0.3) is 11.3 Å². The maximum atomic E-state index is 12.2. The molecule has 4 rings (SSSR count). The summed E-state index contributed by atoms with van der Waals surface area (Å²) in [4.78, 5) is 25.4. The zero-order chi connectivity index (χ0) is 22.2. The van der Waals surface area contributed by atoms with E-state index in [1.165, 1.54) is 6.20 Å². The number of carbonyl (C=O) groups is 1. The number of nitrogens with one attached hydrogen (secondary N) is 2. The first kappa shape index (κ1) is 21.5. The summed E-state index contributed by atoms with van der Waals surface area (Å²) < 4.78 is 11.5. The molecule has 1 unspecified atom stereocenters. The predicted molar refractivity (Wildman–Crippen MR) is 123 cm³/mol. The smallest absolute Gasteiger partial charge is 0.251 e. The van der Waals surface area contributed by atoms with Crippen molar-refractivity contribution in [3.05, 3.63) is 64.4 Å². The van der Waals surface area contributed by atoms with Crippen LogP contribution in [-0.2, 0) is 22.3 Å². The van der Waals surface area contributed by atoms with Gasteiger partial charge in [-0.25, -0.2) is 15.0 Å². The number of hydrogen-bond acceptors (Lipinski definition) is 6. The molecule has 2 aromatic heterocycles. The molecule has 1 aliphatic heterocycles. The van der Waals surface area contributed by atoms with Crippen LogP contribution >= 0.6 is 11.6 Å². The van der Waals surface area contributed by atoms with Gasteiger partial charge in [-0.15, -0.1) is 0 Å². The van der Waals surface area contributed by atoms with E-state index >= 15 is 0 Å². The van der Waals surface area contributed by atoms with E-state index in [9.17, 15) is 9.35 Å². The monoisotopic (exact) mass is 455 g/mol. The lowest BCUT2D eigenvalue weighted by Gasteiger charge is -2.32. The van der Waals surface area contributed by atoms with Gasteiger partial charge in [-0.2, -0.15) is 0 Å². The lowest BCUT2D eigenvalue weighted by molar-refractivity contribution is 0.0930. The van der Waals surface area contributed by atoms with Crippen LogP contribution in [0.3, 0.4) is 0 Å². The minimum Gasteiger partial charge on any atom is -0.616 e. The highest BCUT2D eigenvalue weighted by molar-refractivity contribution is 7.89. The number of halogens is 1. The first-order chi connectivity index (χ1) is 14.7. The third kappa shape index (κ3) is 4.66. The first-order valence-corrected chi connectivity index (χ1v) is 11.8. The first-order valence-electron chi connectivity index (χ1n) is 9.70. The lowest BCUT2D eigenvalue weighted by Crippen LogP contribution is -2.43. The van der Waals surface area contributed by atoms with Crippen LogP contribution in [0.2, 0.25) is 5.02 Å². The molecular formula is C22H22ClN5O2S. The number of hydrogen-bond donors (Lipinski definition) is 2. The van der Waals surface area contributed by atoms with Crippen molar-refractivity contribution in [1.29, 1.82) is 0 Å². The number of pyridine rings is 1. The van der Waals surface area contributed by atoms with Crippen molar-refractivity contribution >= 4 is 40.5 Å². The third-order valence-electron chi connectivity index (χ3n) is 5.14. The molecule has 1 aromatic carbocycles. The molecule has 1 aliphatic rings. The van der Waals surface area contributed by atoms with Crippen molar-refractivity contribution in [1.82, 2.24) is 20.3 Å². The van der Waals surface area contributed by atoms with Gasteiger partial charge < -0.3 is 15.2 Å². The summed E-state index contributed by atoms with van der Waals surface area (Å²) in [6.45, 7) is 4.74. The maximum absolute atomic E-state index is 12.2. The van der Waals surface area contributed by atoms with E-state index in [0.717, 1.165) is 16.7 Å². The molecule has 1 atom stereocenters. The number of fused-ring (bicyclic) bond motifs is 1. The van der Waals surface area contributed by atoms with Crippen LogP contribution in [0.1, 0.15) is 35.3 Å². The summed E-state index contributed by atoms with van der Waals surface area (Å²) in [6, 6.07) is 9.27. The van der Waals surface area contributed by atoms with Crippen molar-refractivity contribution in [3.8, 4) is 11.3 Å². The second kappa shape index (κ2) is 8.45. The highest BCUT2D eigenvalue weighted by atomic mass is 35.5. The van der Waals surface area contributed by atoms with Crippen LogP contribution in [0, 0.1) is 0 Å². The molecule has 31 heavy (non-hydrogen) atoms. The molecule has 0 aliphatic carbocycles. The summed E-state index contributed by atoms with van der Waals surface area (Å²) >= 11 is 5.47. The molecule has 9 heteroatoms. The number of benzene rings is 1. The normalized spacial score (nSPS) is 15.7. The van der Waals surface area contributed by atoms with Crippen molar-refractivity contribution in [2.75, 3.05) is 18.1 Å². The van der Waals surface area contributed by atoms with Crippen molar-refractivity contribution in [2.45, 2.75) is 25.0 Å². The molecule has 0 spiro atoms. The molecule has 2 N–H and O–H groups in total. The van der Waals surface area contributed by atoms with Crippen molar-refractivity contribution < 1.29 is 9.35 Å². The Balaban J connectivity index is 1.67. The van der Waals surface area contributed by atoms with Gasteiger partial charge in [0.05, 0.1) is 23.2 Å². The van der Waals surface area contributed by atoms with Crippen LogP contribution in [-0.4, -0.2) is 38.2 Å². The Morgan fingerprint density at radius 1 is 1.26 bits per heavy atom. The topological polar surface area (TPSA) is 103 Å². The number of aromatic nitrogens is 3. The zero-order valence-corrected chi connectivity index (χ0v) is 19.0. The van der Waals surface area contributed by atoms with Gasteiger partial charge in [0.1, 0.15) is 11.6 Å². The standard InChI is InChI=1S/C22H22ClN5O2S/c1-22(2)12-26-20(29)15-5-4-14(9-16(15)22)19-17(23)10-25-21(28-19)27-18-8-13(6-7-24-18)11-31(3)30/h4-10H,11-12H2,1-3H3,(H,26,29)(H,24,25,27,28). The van der Waals surface area contributed by atoms with E-state index in [-0.39, 0.29) is 11.3 Å². The predicted octanol–water partition coefficient (Wildman–Crippen LogP) is 3.84. The van der Waals surface area contributed by atoms with Gasteiger partial charge in [0, 0.05) is 34.8 Å². The number of nitrogens with zero attached hydrogens (tertiary/aromatic N) is 3. The average Bonchev–Trinajstić information content (AvgIpc) is 2.72. The molecule has 0 fully saturated rings. The third-order valence-corrected chi connectivity index (χ3v) is 6.15. The van der Waals surface area contributed by atoms with Gasteiger partial charge in [0.2, 0.25) is 5.95 Å². The SMILES string of the molecule is C[S+]([O-])Cc1ccnc(Nc2ncc(Cl)c(-c3ccc4c(c3)C(C)(C)CNC4=O)n2)c1. The Morgan fingerprint density at radius 3 is 2.84 bits per heavy atom. The number of carbonyl (C=O) groups excluding carboxylic acids is 1.